The summed E-state index contributed by atoms with van der Waals surface area (Å²) in [6, 6.07) is 5.80. The van der Waals surface area contributed by atoms with Gasteiger partial charge in [0.25, 0.3) is 10.0 Å². The van der Waals surface area contributed by atoms with Crippen molar-refractivity contribution in [1.29, 1.82) is 0 Å². The van der Waals surface area contributed by atoms with Gasteiger partial charge in [-0.3, -0.25) is 4.72 Å². The minimum absolute atomic E-state index is 0.119. The molecule has 0 unspecified atom stereocenters. The largest absolute Gasteiger partial charge is 0.349 e. The van der Waals surface area contributed by atoms with Crippen molar-refractivity contribution in [3.63, 3.8) is 0 Å². The maximum Gasteiger partial charge on any atom is 0.263 e. The van der Waals surface area contributed by atoms with Gasteiger partial charge >= 0.3 is 0 Å². The van der Waals surface area contributed by atoms with Gasteiger partial charge in [0.1, 0.15) is 10.7 Å². The Balaban J connectivity index is 2.38. The summed E-state index contributed by atoms with van der Waals surface area (Å²) in [6.45, 7) is 4.30. The Labute approximate surface area is 123 Å². The fraction of sp³-hybridized carbons (Fsp3) is 0.286. The first-order chi connectivity index (χ1) is 9.89. The van der Waals surface area contributed by atoms with E-state index in [0.717, 1.165) is 5.69 Å². The van der Waals surface area contributed by atoms with E-state index in [9.17, 15) is 12.8 Å². The van der Waals surface area contributed by atoms with Gasteiger partial charge in [0.2, 0.25) is 0 Å². The summed E-state index contributed by atoms with van der Waals surface area (Å²) < 4.78 is 42.4. The highest BCUT2D eigenvalue weighted by Crippen LogP contribution is 2.22. The average molecular weight is 311 g/mol. The van der Waals surface area contributed by atoms with Crippen molar-refractivity contribution in [2.24, 2.45) is 5.73 Å². The minimum atomic E-state index is -3.77. The molecule has 2 rings (SSSR count). The lowest BCUT2D eigenvalue weighted by molar-refractivity contribution is 0.600. The number of hydrogen-bond donors (Lipinski definition) is 2. The molecule has 0 spiro atoms. The zero-order valence-corrected chi connectivity index (χ0v) is 12.7. The summed E-state index contributed by atoms with van der Waals surface area (Å²) in [5, 5.41) is 0. The van der Waals surface area contributed by atoms with Gasteiger partial charge in [0.05, 0.1) is 5.69 Å². The molecule has 0 amide bonds. The molecule has 114 valence electrons. The van der Waals surface area contributed by atoms with Crippen LogP contribution in [0.2, 0.25) is 0 Å². The van der Waals surface area contributed by atoms with Crippen molar-refractivity contribution < 1.29 is 12.8 Å². The molecule has 5 nitrogen and oxygen atoms in total. The molecule has 0 bridgehead atoms. The van der Waals surface area contributed by atoms with Crippen LogP contribution < -0.4 is 10.5 Å². The maximum absolute atomic E-state index is 13.5. The number of sulfonamides is 1. The third-order valence-electron chi connectivity index (χ3n) is 3.33. The van der Waals surface area contributed by atoms with Gasteiger partial charge in [-0.2, -0.15) is 0 Å². The maximum atomic E-state index is 13.5. The molecule has 0 atom stereocenters. The second-order valence-corrected chi connectivity index (χ2v) is 6.36. The van der Waals surface area contributed by atoms with E-state index >= 15 is 0 Å². The van der Waals surface area contributed by atoms with E-state index < -0.39 is 15.8 Å². The molecule has 1 aromatic carbocycles. The number of nitrogens with one attached hydrogen (secondary N) is 1. The second-order valence-electron chi connectivity index (χ2n) is 4.68. The number of aromatic nitrogens is 1. The molecule has 7 heteroatoms. The summed E-state index contributed by atoms with van der Waals surface area (Å²) in [5.74, 6) is -0.455. The van der Waals surface area contributed by atoms with Crippen molar-refractivity contribution in [3.05, 3.63) is 47.5 Å². The van der Waals surface area contributed by atoms with Crippen LogP contribution in [0, 0.1) is 12.7 Å². The number of rotatable bonds is 5. The van der Waals surface area contributed by atoms with E-state index in [1.165, 1.54) is 37.4 Å². The average Bonchev–Trinajstić information content (AvgIpc) is 2.88. The summed E-state index contributed by atoms with van der Waals surface area (Å²) >= 11 is 0. The predicted molar refractivity (Wildman–Crippen MR) is 79.9 cm³/mol. The van der Waals surface area contributed by atoms with E-state index in [0.29, 0.717) is 6.54 Å². The molecular weight excluding hydrogens is 293 g/mol. The molecule has 0 aliphatic heterocycles. The molecule has 0 fully saturated rings. The van der Waals surface area contributed by atoms with Crippen molar-refractivity contribution >= 4 is 15.7 Å². The van der Waals surface area contributed by atoms with Crippen LogP contribution in [0.3, 0.4) is 0 Å². The summed E-state index contributed by atoms with van der Waals surface area (Å²) in [5.41, 5.74) is 6.81. The van der Waals surface area contributed by atoms with Crippen molar-refractivity contribution in [1.82, 2.24) is 4.57 Å². The van der Waals surface area contributed by atoms with Crippen LogP contribution >= 0.6 is 0 Å². The predicted octanol–water partition coefficient (Wildman–Crippen LogP) is 2.22. The van der Waals surface area contributed by atoms with Crippen molar-refractivity contribution in [2.45, 2.75) is 31.8 Å². The van der Waals surface area contributed by atoms with Crippen molar-refractivity contribution in [3.8, 4) is 0 Å². The Morgan fingerprint density at radius 1 is 1.38 bits per heavy atom. The number of hydrogen-bond acceptors (Lipinski definition) is 3. The SMILES string of the molecule is CCn1cc(S(=O)(=O)Nc2cccc(F)c2C)cc1CN. The fourth-order valence-electron chi connectivity index (χ4n) is 2.06. The molecule has 2 aromatic rings. The van der Waals surface area contributed by atoms with Crippen LogP contribution in [-0.2, 0) is 23.1 Å². The molecule has 0 aliphatic carbocycles. The third kappa shape index (κ3) is 3.08. The second kappa shape index (κ2) is 5.87. The van der Waals surface area contributed by atoms with E-state index in [2.05, 4.69) is 4.72 Å². The van der Waals surface area contributed by atoms with Gasteiger partial charge in [-0.05, 0) is 32.0 Å². The van der Waals surface area contributed by atoms with E-state index in [-0.39, 0.29) is 22.7 Å². The van der Waals surface area contributed by atoms with Gasteiger partial charge < -0.3 is 10.3 Å². The Hall–Kier alpha value is -1.86. The standard InChI is InChI=1S/C14H18FN3O2S/c1-3-18-9-12(7-11(18)8-16)21(19,20)17-14-6-4-5-13(15)10(14)2/h4-7,9,17H,3,8,16H2,1-2H3. The normalized spacial score (nSPS) is 11.6. The van der Waals surface area contributed by atoms with Crippen LogP contribution in [0.5, 0.6) is 0 Å². The summed E-state index contributed by atoms with van der Waals surface area (Å²) in [4.78, 5) is 0.119. The highest BCUT2D eigenvalue weighted by Gasteiger charge is 2.19. The molecule has 0 saturated heterocycles. The van der Waals surface area contributed by atoms with E-state index in [1.54, 1.807) is 4.57 Å². The summed E-state index contributed by atoms with van der Waals surface area (Å²) in [7, 11) is -3.77. The Bertz CT molecular complexity index is 732. The van der Waals surface area contributed by atoms with Crippen LogP contribution in [0.1, 0.15) is 18.2 Å². The number of nitrogens with zero attached hydrogens (tertiary/aromatic N) is 1. The van der Waals surface area contributed by atoms with Crippen LogP contribution in [-0.4, -0.2) is 13.0 Å². The fourth-order valence-corrected chi connectivity index (χ4v) is 3.25. The van der Waals surface area contributed by atoms with Crippen molar-refractivity contribution in [2.75, 3.05) is 4.72 Å². The van der Waals surface area contributed by atoms with Gasteiger partial charge in [-0.15, -0.1) is 0 Å². The third-order valence-corrected chi connectivity index (χ3v) is 4.67. The first-order valence-electron chi connectivity index (χ1n) is 6.56. The van der Waals surface area contributed by atoms with Gasteiger partial charge in [0, 0.05) is 30.5 Å². The summed E-state index contributed by atoms with van der Waals surface area (Å²) in [6.07, 6.45) is 1.53. The van der Waals surface area contributed by atoms with Crippen LogP contribution in [0.4, 0.5) is 10.1 Å². The highest BCUT2D eigenvalue weighted by molar-refractivity contribution is 7.92. The smallest absolute Gasteiger partial charge is 0.263 e. The van der Waals surface area contributed by atoms with Crippen LogP contribution in [0.15, 0.2) is 35.4 Å². The number of aryl methyl sites for hydroxylation is 1. The molecular formula is C14H18FN3O2S. The number of benzene rings is 1. The quantitative estimate of drug-likeness (QED) is 0.889. The molecule has 1 aromatic heterocycles. The highest BCUT2D eigenvalue weighted by atomic mass is 32.2. The molecule has 0 radical (unpaired) electrons. The Morgan fingerprint density at radius 2 is 2.10 bits per heavy atom. The zero-order chi connectivity index (χ0) is 15.6. The zero-order valence-electron chi connectivity index (χ0n) is 11.9. The molecule has 0 saturated carbocycles. The number of nitrogens with two attached hydrogens (primary N) is 1. The lowest BCUT2D eigenvalue weighted by atomic mass is 10.2. The number of anilines is 1. The van der Waals surface area contributed by atoms with Gasteiger partial charge in [-0.25, -0.2) is 12.8 Å². The monoisotopic (exact) mass is 311 g/mol. The van der Waals surface area contributed by atoms with E-state index in [1.807, 2.05) is 6.92 Å². The lowest BCUT2D eigenvalue weighted by Gasteiger charge is -2.09. The molecule has 1 heterocycles. The topological polar surface area (TPSA) is 77.1 Å². The van der Waals surface area contributed by atoms with Gasteiger partial charge in [-0.1, -0.05) is 6.07 Å². The van der Waals surface area contributed by atoms with Crippen LogP contribution in [0.25, 0.3) is 0 Å². The first kappa shape index (κ1) is 15.5. The Kier molecular flexibility index (Phi) is 4.34. The molecule has 0 aliphatic rings. The van der Waals surface area contributed by atoms with E-state index in [4.69, 9.17) is 5.73 Å². The first-order valence-corrected chi connectivity index (χ1v) is 8.04. The van der Waals surface area contributed by atoms with Gasteiger partial charge in [0.15, 0.2) is 0 Å². The Morgan fingerprint density at radius 3 is 2.67 bits per heavy atom. The lowest BCUT2D eigenvalue weighted by Crippen LogP contribution is -2.13. The minimum Gasteiger partial charge on any atom is -0.349 e. The molecule has 21 heavy (non-hydrogen) atoms. The molecule has 3 N–H and O–H groups in total. The number of halogens is 1.